The number of rotatable bonds is 6. The number of methoxy groups -OCH3 is 1. The SMILES string of the molecule is COCCNCc1cc(-c2cccc3ccccc23)on1. The van der Waals surface area contributed by atoms with Gasteiger partial charge in [0.1, 0.15) is 0 Å². The van der Waals surface area contributed by atoms with Gasteiger partial charge in [-0.25, -0.2) is 0 Å². The molecule has 0 aliphatic heterocycles. The monoisotopic (exact) mass is 282 g/mol. The molecule has 0 spiro atoms. The Balaban J connectivity index is 1.81. The molecule has 0 saturated carbocycles. The zero-order valence-corrected chi connectivity index (χ0v) is 12.0. The number of hydrogen-bond acceptors (Lipinski definition) is 4. The first-order valence-corrected chi connectivity index (χ1v) is 7.02. The van der Waals surface area contributed by atoms with Crippen molar-refractivity contribution in [3.8, 4) is 11.3 Å². The standard InChI is InChI=1S/C17H18N2O2/c1-20-10-9-18-12-14-11-17(21-19-14)16-8-4-6-13-5-2-3-7-15(13)16/h2-8,11,18H,9-10,12H2,1H3. The van der Waals surface area contributed by atoms with E-state index in [0.717, 1.165) is 23.6 Å². The Morgan fingerprint density at radius 2 is 2.00 bits per heavy atom. The van der Waals surface area contributed by atoms with Crippen LogP contribution in [0.3, 0.4) is 0 Å². The number of nitrogens with one attached hydrogen (secondary N) is 1. The van der Waals surface area contributed by atoms with Crippen molar-refractivity contribution in [1.82, 2.24) is 10.5 Å². The summed E-state index contributed by atoms with van der Waals surface area (Å²) in [5.41, 5.74) is 1.97. The van der Waals surface area contributed by atoms with E-state index in [1.807, 2.05) is 24.3 Å². The average molecular weight is 282 g/mol. The van der Waals surface area contributed by atoms with Crippen LogP contribution in [0.25, 0.3) is 22.1 Å². The van der Waals surface area contributed by atoms with Gasteiger partial charge in [0, 0.05) is 31.8 Å². The lowest BCUT2D eigenvalue weighted by Gasteiger charge is -2.02. The van der Waals surface area contributed by atoms with Crippen LogP contribution in [0.5, 0.6) is 0 Å². The molecule has 21 heavy (non-hydrogen) atoms. The molecule has 0 aliphatic rings. The third-order valence-electron chi connectivity index (χ3n) is 3.40. The Bertz CT molecular complexity index is 716. The van der Waals surface area contributed by atoms with E-state index in [-0.39, 0.29) is 0 Å². The van der Waals surface area contributed by atoms with Crippen molar-refractivity contribution >= 4 is 10.8 Å². The second-order valence-electron chi connectivity index (χ2n) is 4.88. The lowest BCUT2D eigenvalue weighted by molar-refractivity contribution is 0.199. The Labute approximate surface area is 123 Å². The molecule has 1 aromatic heterocycles. The molecule has 0 unspecified atom stereocenters. The lowest BCUT2D eigenvalue weighted by atomic mass is 10.0. The molecule has 3 rings (SSSR count). The normalized spacial score (nSPS) is 11.1. The van der Waals surface area contributed by atoms with Crippen molar-refractivity contribution in [3.63, 3.8) is 0 Å². The van der Waals surface area contributed by atoms with E-state index in [2.05, 4.69) is 34.7 Å². The first-order chi connectivity index (χ1) is 10.4. The minimum atomic E-state index is 0.678. The molecule has 0 atom stereocenters. The van der Waals surface area contributed by atoms with Crippen LogP contribution in [0.4, 0.5) is 0 Å². The van der Waals surface area contributed by atoms with Crippen LogP contribution in [-0.4, -0.2) is 25.4 Å². The van der Waals surface area contributed by atoms with E-state index in [1.165, 1.54) is 10.8 Å². The van der Waals surface area contributed by atoms with Gasteiger partial charge < -0.3 is 14.6 Å². The summed E-state index contributed by atoms with van der Waals surface area (Å²) in [6.07, 6.45) is 0. The maximum Gasteiger partial charge on any atom is 0.167 e. The van der Waals surface area contributed by atoms with Crippen LogP contribution in [0.15, 0.2) is 53.1 Å². The van der Waals surface area contributed by atoms with Gasteiger partial charge in [-0.1, -0.05) is 47.6 Å². The average Bonchev–Trinajstić information content (AvgIpc) is 3.00. The van der Waals surface area contributed by atoms with Crippen LogP contribution >= 0.6 is 0 Å². The topological polar surface area (TPSA) is 47.3 Å². The number of nitrogens with zero attached hydrogens (tertiary/aromatic N) is 1. The minimum absolute atomic E-state index is 0.678. The van der Waals surface area contributed by atoms with E-state index in [4.69, 9.17) is 9.26 Å². The smallest absolute Gasteiger partial charge is 0.167 e. The van der Waals surface area contributed by atoms with Crippen molar-refractivity contribution in [2.45, 2.75) is 6.54 Å². The first kappa shape index (κ1) is 13.8. The molecule has 4 heteroatoms. The summed E-state index contributed by atoms with van der Waals surface area (Å²) in [5, 5.41) is 9.75. The number of benzene rings is 2. The van der Waals surface area contributed by atoms with Crippen molar-refractivity contribution in [1.29, 1.82) is 0 Å². The van der Waals surface area contributed by atoms with E-state index in [1.54, 1.807) is 7.11 Å². The van der Waals surface area contributed by atoms with Gasteiger partial charge in [-0.15, -0.1) is 0 Å². The molecule has 1 heterocycles. The lowest BCUT2D eigenvalue weighted by Crippen LogP contribution is -2.18. The molecule has 0 amide bonds. The molecule has 0 aliphatic carbocycles. The largest absolute Gasteiger partial charge is 0.383 e. The van der Waals surface area contributed by atoms with Crippen LogP contribution < -0.4 is 5.32 Å². The Hall–Kier alpha value is -2.17. The highest BCUT2D eigenvalue weighted by molar-refractivity contribution is 5.95. The fraction of sp³-hybridized carbons (Fsp3) is 0.235. The fourth-order valence-corrected chi connectivity index (χ4v) is 2.35. The summed E-state index contributed by atoms with van der Waals surface area (Å²) in [7, 11) is 1.69. The van der Waals surface area contributed by atoms with Gasteiger partial charge >= 0.3 is 0 Å². The zero-order chi connectivity index (χ0) is 14.5. The molecule has 4 nitrogen and oxygen atoms in total. The van der Waals surface area contributed by atoms with Crippen molar-refractivity contribution in [3.05, 3.63) is 54.2 Å². The molecule has 2 aromatic carbocycles. The van der Waals surface area contributed by atoms with E-state index in [9.17, 15) is 0 Å². The van der Waals surface area contributed by atoms with Crippen LogP contribution in [0.1, 0.15) is 5.69 Å². The summed E-state index contributed by atoms with van der Waals surface area (Å²) >= 11 is 0. The van der Waals surface area contributed by atoms with Gasteiger partial charge in [0.15, 0.2) is 5.76 Å². The molecule has 0 saturated heterocycles. The number of fused-ring (bicyclic) bond motifs is 1. The Kier molecular flexibility index (Phi) is 4.28. The predicted molar refractivity (Wildman–Crippen MR) is 83.0 cm³/mol. The third-order valence-corrected chi connectivity index (χ3v) is 3.40. The van der Waals surface area contributed by atoms with E-state index >= 15 is 0 Å². The summed E-state index contributed by atoms with van der Waals surface area (Å²) in [5.74, 6) is 0.801. The van der Waals surface area contributed by atoms with Gasteiger partial charge in [-0.05, 0) is 10.8 Å². The van der Waals surface area contributed by atoms with Crippen molar-refractivity contribution in [2.24, 2.45) is 0 Å². The van der Waals surface area contributed by atoms with Gasteiger partial charge in [0.2, 0.25) is 0 Å². The minimum Gasteiger partial charge on any atom is -0.383 e. The first-order valence-electron chi connectivity index (χ1n) is 7.02. The molecular formula is C17H18N2O2. The summed E-state index contributed by atoms with van der Waals surface area (Å²) in [4.78, 5) is 0. The summed E-state index contributed by atoms with van der Waals surface area (Å²) in [6.45, 7) is 2.17. The Morgan fingerprint density at radius 1 is 1.14 bits per heavy atom. The zero-order valence-electron chi connectivity index (χ0n) is 12.0. The number of aromatic nitrogens is 1. The van der Waals surface area contributed by atoms with Gasteiger partial charge in [0.05, 0.1) is 12.3 Å². The summed E-state index contributed by atoms with van der Waals surface area (Å²) in [6, 6.07) is 16.5. The predicted octanol–water partition coefficient (Wildman–Crippen LogP) is 3.23. The molecule has 0 radical (unpaired) electrons. The Morgan fingerprint density at radius 3 is 2.90 bits per heavy atom. The molecule has 108 valence electrons. The van der Waals surface area contributed by atoms with Gasteiger partial charge in [0.25, 0.3) is 0 Å². The van der Waals surface area contributed by atoms with E-state index < -0.39 is 0 Å². The highest BCUT2D eigenvalue weighted by Crippen LogP contribution is 2.28. The van der Waals surface area contributed by atoms with Gasteiger partial charge in [-0.2, -0.15) is 0 Å². The highest BCUT2D eigenvalue weighted by atomic mass is 16.5. The maximum absolute atomic E-state index is 5.49. The second kappa shape index (κ2) is 6.52. The van der Waals surface area contributed by atoms with Crippen LogP contribution in [0.2, 0.25) is 0 Å². The van der Waals surface area contributed by atoms with Gasteiger partial charge in [-0.3, -0.25) is 0 Å². The van der Waals surface area contributed by atoms with E-state index in [0.29, 0.717) is 13.2 Å². The second-order valence-corrected chi connectivity index (χ2v) is 4.88. The number of hydrogen-bond donors (Lipinski definition) is 1. The quantitative estimate of drug-likeness (QED) is 0.705. The van der Waals surface area contributed by atoms with Crippen LogP contribution in [0, 0.1) is 0 Å². The fourth-order valence-electron chi connectivity index (χ4n) is 2.35. The van der Waals surface area contributed by atoms with Crippen molar-refractivity contribution in [2.75, 3.05) is 20.3 Å². The maximum atomic E-state index is 5.49. The molecule has 3 aromatic rings. The molecular weight excluding hydrogens is 264 g/mol. The molecule has 0 bridgehead atoms. The summed E-state index contributed by atoms with van der Waals surface area (Å²) < 4.78 is 10.5. The van der Waals surface area contributed by atoms with Crippen LogP contribution in [-0.2, 0) is 11.3 Å². The molecule has 0 fully saturated rings. The van der Waals surface area contributed by atoms with Crippen molar-refractivity contribution < 1.29 is 9.26 Å². The highest BCUT2D eigenvalue weighted by Gasteiger charge is 2.09. The number of ether oxygens (including phenoxy) is 1. The third kappa shape index (κ3) is 3.12. The molecule has 1 N–H and O–H groups in total.